The van der Waals surface area contributed by atoms with Crippen molar-refractivity contribution in [1.29, 1.82) is 0 Å². The number of benzene rings is 1. The number of aromatic nitrogens is 3. The molecule has 1 saturated carbocycles. The Bertz CT molecular complexity index is 971. The Labute approximate surface area is 205 Å². The molecule has 0 bridgehead atoms. The number of halogens is 1. The summed E-state index contributed by atoms with van der Waals surface area (Å²) >= 11 is 7.99. The van der Waals surface area contributed by atoms with Crippen LogP contribution < -0.4 is 14.8 Å². The zero-order valence-electron chi connectivity index (χ0n) is 19.8. The van der Waals surface area contributed by atoms with Crippen molar-refractivity contribution in [2.24, 2.45) is 0 Å². The molecule has 1 fully saturated rings. The standard InChI is InChI=1S/C24H33ClN4O3S/c1-16(2)32-23-19(25)14-17(15-20(23)31-3)11-12-22(30)26-13-7-10-21-27-28-24(33-4)29(21)18-8-5-6-9-18/h11-12,14-16,18H,5-10,13H2,1-4H3,(H,26,30)/b12-11+. The molecule has 9 heteroatoms. The number of methoxy groups -OCH3 is 1. The topological polar surface area (TPSA) is 78.3 Å². The Morgan fingerprint density at radius 2 is 2.09 bits per heavy atom. The van der Waals surface area contributed by atoms with E-state index in [1.54, 1.807) is 37.1 Å². The average molecular weight is 493 g/mol. The molecule has 0 radical (unpaired) electrons. The zero-order valence-corrected chi connectivity index (χ0v) is 21.3. The predicted octanol–water partition coefficient (Wildman–Crippen LogP) is 5.33. The van der Waals surface area contributed by atoms with E-state index in [4.69, 9.17) is 21.1 Å². The van der Waals surface area contributed by atoms with Gasteiger partial charge in [-0.25, -0.2) is 0 Å². The molecule has 0 atom stereocenters. The second-order valence-corrected chi connectivity index (χ2v) is 9.52. The Balaban J connectivity index is 1.52. The minimum atomic E-state index is -0.158. The minimum absolute atomic E-state index is 0.0251. The molecule has 0 aliphatic heterocycles. The average Bonchev–Trinajstić information content (AvgIpc) is 3.45. The number of nitrogens with one attached hydrogen (secondary N) is 1. The number of carbonyl (C=O) groups is 1. The third kappa shape index (κ3) is 6.90. The summed E-state index contributed by atoms with van der Waals surface area (Å²) in [5.74, 6) is 1.90. The molecule has 1 heterocycles. The van der Waals surface area contributed by atoms with Crippen molar-refractivity contribution in [2.75, 3.05) is 19.9 Å². The van der Waals surface area contributed by atoms with E-state index in [-0.39, 0.29) is 12.0 Å². The van der Waals surface area contributed by atoms with Crippen LogP contribution >= 0.6 is 23.4 Å². The fraction of sp³-hybridized carbons (Fsp3) is 0.542. The Hall–Kier alpha value is -2.19. The molecule has 0 spiro atoms. The molecule has 0 unspecified atom stereocenters. The first kappa shape index (κ1) is 25.4. The summed E-state index contributed by atoms with van der Waals surface area (Å²) in [6.45, 7) is 4.42. The van der Waals surface area contributed by atoms with Crippen molar-refractivity contribution in [3.63, 3.8) is 0 Å². The lowest BCUT2D eigenvalue weighted by Gasteiger charge is -2.16. The van der Waals surface area contributed by atoms with E-state index in [2.05, 4.69) is 20.1 Å². The molecular formula is C24H33ClN4O3S. The van der Waals surface area contributed by atoms with Crippen molar-refractivity contribution in [1.82, 2.24) is 20.1 Å². The number of aryl methyl sites for hydroxylation is 1. The maximum Gasteiger partial charge on any atom is 0.243 e. The molecular weight excluding hydrogens is 460 g/mol. The lowest BCUT2D eigenvalue weighted by atomic mass is 10.1. The fourth-order valence-electron chi connectivity index (χ4n) is 4.02. The Morgan fingerprint density at radius 3 is 2.76 bits per heavy atom. The first-order valence-corrected chi connectivity index (χ1v) is 13.0. The third-order valence-corrected chi connectivity index (χ3v) is 6.44. The molecule has 1 aliphatic carbocycles. The number of amides is 1. The van der Waals surface area contributed by atoms with Crippen molar-refractivity contribution in [3.8, 4) is 11.5 Å². The van der Waals surface area contributed by atoms with Crippen LogP contribution in [0.1, 0.15) is 63.4 Å². The lowest BCUT2D eigenvalue weighted by Crippen LogP contribution is -2.23. The van der Waals surface area contributed by atoms with Crippen molar-refractivity contribution >= 4 is 35.3 Å². The van der Waals surface area contributed by atoms with Gasteiger partial charge in [0.15, 0.2) is 16.7 Å². The van der Waals surface area contributed by atoms with Crippen LogP contribution in [0.2, 0.25) is 5.02 Å². The summed E-state index contributed by atoms with van der Waals surface area (Å²) in [6.07, 6.45) is 11.7. The van der Waals surface area contributed by atoms with Gasteiger partial charge in [-0.2, -0.15) is 0 Å². The van der Waals surface area contributed by atoms with Gasteiger partial charge in [0.05, 0.1) is 18.2 Å². The van der Waals surface area contributed by atoms with E-state index in [0.717, 1.165) is 29.4 Å². The number of hydrogen-bond acceptors (Lipinski definition) is 6. The van der Waals surface area contributed by atoms with Crippen LogP contribution in [-0.4, -0.2) is 46.7 Å². The second kappa shape index (κ2) is 12.3. The highest BCUT2D eigenvalue weighted by Crippen LogP contribution is 2.37. The highest BCUT2D eigenvalue weighted by atomic mass is 35.5. The quantitative estimate of drug-likeness (QED) is 0.259. The van der Waals surface area contributed by atoms with E-state index in [1.165, 1.54) is 31.8 Å². The number of carbonyl (C=O) groups excluding carboxylic acids is 1. The van der Waals surface area contributed by atoms with Gasteiger partial charge in [0.1, 0.15) is 5.82 Å². The number of rotatable bonds is 11. The molecule has 2 aromatic rings. The maximum atomic E-state index is 12.3. The molecule has 33 heavy (non-hydrogen) atoms. The van der Waals surface area contributed by atoms with Crippen LogP contribution in [0.15, 0.2) is 23.4 Å². The highest BCUT2D eigenvalue weighted by molar-refractivity contribution is 7.98. The Kier molecular flexibility index (Phi) is 9.50. The molecule has 1 aromatic carbocycles. The molecule has 180 valence electrons. The van der Waals surface area contributed by atoms with E-state index >= 15 is 0 Å². The van der Waals surface area contributed by atoms with Crippen LogP contribution in [0, 0.1) is 0 Å². The van der Waals surface area contributed by atoms with Gasteiger partial charge in [0.2, 0.25) is 5.91 Å². The molecule has 7 nitrogen and oxygen atoms in total. The van der Waals surface area contributed by atoms with E-state index in [9.17, 15) is 4.79 Å². The normalized spacial score (nSPS) is 14.4. The van der Waals surface area contributed by atoms with Gasteiger partial charge in [-0.3, -0.25) is 4.79 Å². The number of hydrogen-bond donors (Lipinski definition) is 1. The zero-order chi connectivity index (χ0) is 23.8. The Morgan fingerprint density at radius 1 is 1.33 bits per heavy atom. The summed E-state index contributed by atoms with van der Waals surface area (Å²) in [7, 11) is 1.56. The number of ether oxygens (including phenoxy) is 2. The van der Waals surface area contributed by atoms with Gasteiger partial charge in [-0.1, -0.05) is 36.2 Å². The van der Waals surface area contributed by atoms with Gasteiger partial charge in [0, 0.05) is 25.1 Å². The SMILES string of the molecule is COc1cc(/C=C/C(=O)NCCCc2nnc(SC)n2C2CCCC2)cc(Cl)c1OC(C)C. The van der Waals surface area contributed by atoms with Crippen molar-refractivity contribution in [3.05, 3.63) is 34.6 Å². The lowest BCUT2D eigenvalue weighted by molar-refractivity contribution is -0.116. The van der Waals surface area contributed by atoms with E-state index in [1.807, 2.05) is 20.1 Å². The summed E-state index contributed by atoms with van der Waals surface area (Å²) in [6, 6.07) is 4.06. The molecule has 1 N–H and O–H groups in total. The van der Waals surface area contributed by atoms with E-state index < -0.39 is 0 Å². The molecule has 1 aliphatic rings. The van der Waals surface area contributed by atoms with Crippen LogP contribution in [0.3, 0.4) is 0 Å². The summed E-state index contributed by atoms with van der Waals surface area (Å²) in [5, 5.41) is 13.1. The first-order chi connectivity index (χ1) is 15.9. The predicted molar refractivity (Wildman–Crippen MR) is 133 cm³/mol. The summed E-state index contributed by atoms with van der Waals surface area (Å²) < 4.78 is 13.4. The summed E-state index contributed by atoms with van der Waals surface area (Å²) in [4.78, 5) is 12.3. The summed E-state index contributed by atoms with van der Waals surface area (Å²) in [5.41, 5.74) is 0.761. The first-order valence-electron chi connectivity index (χ1n) is 11.4. The van der Waals surface area contributed by atoms with Crippen LogP contribution in [0.4, 0.5) is 0 Å². The van der Waals surface area contributed by atoms with Crippen LogP contribution in [0.25, 0.3) is 6.08 Å². The second-order valence-electron chi connectivity index (χ2n) is 8.34. The monoisotopic (exact) mass is 492 g/mol. The number of thioether (sulfide) groups is 1. The highest BCUT2D eigenvalue weighted by Gasteiger charge is 2.23. The van der Waals surface area contributed by atoms with E-state index in [0.29, 0.717) is 29.1 Å². The molecule has 0 saturated heterocycles. The van der Waals surface area contributed by atoms with Crippen molar-refractivity contribution in [2.45, 2.75) is 69.7 Å². The largest absolute Gasteiger partial charge is 0.493 e. The fourth-order valence-corrected chi connectivity index (χ4v) is 4.86. The van der Waals surface area contributed by atoms with Crippen LogP contribution in [0.5, 0.6) is 11.5 Å². The smallest absolute Gasteiger partial charge is 0.243 e. The van der Waals surface area contributed by atoms with Gasteiger partial charge in [-0.15, -0.1) is 10.2 Å². The van der Waals surface area contributed by atoms with Gasteiger partial charge >= 0.3 is 0 Å². The van der Waals surface area contributed by atoms with Crippen LogP contribution in [-0.2, 0) is 11.2 Å². The van der Waals surface area contributed by atoms with Gasteiger partial charge < -0.3 is 19.4 Å². The number of nitrogens with zero attached hydrogens (tertiary/aromatic N) is 3. The third-order valence-electron chi connectivity index (χ3n) is 5.52. The van der Waals surface area contributed by atoms with Gasteiger partial charge in [0.25, 0.3) is 0 Å². The minimum Gasteiger partial charge on any atom is -0.493 e. The molecule has 1 aromatic heterocycles. The molecule has 3 rings (SSSR count). The van der Waals surface area contributed by atoms with Gasteiger partial charge in [-0.05, 0) is 63.1 Å². The maximum absolute atomic E-state index is 12.3. The van der Waals surface area contributed by atoms with Crippen molar-refractivity contribution < 1.29 is 14.3 Å². The molecule has 1 amide bonds.